The lowest BCUT2D eigenvalue weighted by atomic mass is 9.88. The van der Waals surface area contributed by atoms with Crippen LogP contribution in [0.3, 0.4) is 0 Å². The highest BCUT2D eigenvalue weighted by molar-refractivity contribution is 6.18. The summed E-state index contributed by atoms with van der Waals surface area (Å²) in [5.74, 6) is 0. The lowest BCUT2D eigenvalue weighted by molar-refractivity contribution is 0.816. The highest BCUT2D eigenvalue weighted by Crippen LogP contribution is 2.30. The first-order valence-corrected chi connectivity index (χ1v) is 7.98. The molecule has 0 N–H and O–H groups in total. The Morgan fingerprint density at radius 2 is 1.05 bits per heavy atom. The lowest BCUT2D eigenvalue weighted by Gasteiger charge is -2.27. The monoisotopic (exact) mass is 268 g/mol. The Balaban J connectivity index is 2.51. The molecular weight excluding hydrogens is 244 g/mol. The van der Waals surface area contributed by atoms with Gasteiger partial charge in [-0.25, -0.2) is 0 Å². The van der Waals surface area contributed by atoms with E-state index in [-0.39, 0.29) is 5.04 Å². The third kappa shape index (κ3) is 2.66. The molecule has 2 aromatic rings. The van der Waals surface area contributed by atoms with Gasteiger partial charge in [0.15, 0.2) is 0 Å². The van der Waals surface area contributed by atoms with Crippen LogP contribution in [-0.4, -0.2) is 10.2 Å². The molecule has 0 aromatic heterocycles. The molecular formula is C18H24Si. The number of hydrogen-bond donors (Lipinski definition) is 0. The van der Waals surface area contributed by atoms with E-state index in [4.69, 9.17) is 0 Å². The minimum Gasteiger partial charge on any atom is -0.0588 e. The second-order valence-electron chi connectivity index (χ2n) is 6.22. The number of hydrogen-bond acceptors (Lipinski definition) is 0. The van der Waals surface area contributed by atoms with Crippen molar-refractivity contribution < 1.29 is 0 Å². The van der Waals surface area contributed by atoms with Crippen LogP contribution >= 0.6 is 0 Å². The van der Waals surface area contributed by atoms with Crippen LogP contribution in [0.15, 0.2) is 36.4 Å². The van der Waals surface area contributed by atoms with Crippen molar-refractivity contribution in [3.05, 3.63) is 69.8 Å². The Labute approximate surface area is 120 Å². The summed E-state index contributed by atoms with van der Waals surface area (Å²) in [7, 11) is 1.11. The van der Waals surface area contributed by atoms with Gasteiger partial charge in [0.1, 0.15) is 0 Å². The molecule has 0 aliphatic heterocycles. The molecule has 0 radical (unpaired) electrons. The number of rotatable bonds is 2. The molecule has 2 aromatic carbocycles. The Bertz CT molecular complexity index is 556. The average molecular weight is 268 g/mol. The van der Waals surface area contributed by atoms with E-state index in [2.05, 4.69) is 71.0 Å². The molecule has 19 heavy (non-hydrogen) atoms. The zero-order valence-electron chi connectivity index (χ0n) is 13.0. The fraction of sp³-hybridized carbons (Fsp3) is 0.333. The molecule has 0 fully saturated rings. The molecule has 0 spiro atoms. The Morgan fingerprint density at radius 1 is 0.684 bits per heavy atom. The molecule has 0 aliphatic carbocycles. The molecule has 0 amide bonds. The zero-order valence-corrected chi connectivity index (χ0v) is 15.0. The van der Waals surface area contributed by atoms with E-state index >= 15 is 0 Å². The summed E-state index contributed by atoms with van der Waals surface area (Å²) < 4.78 is 0. The van der Waals surface area contributed by atoms with Crippen LogP contribution in [0.25, 0.3) is 0 Å². The first-order chi connectivity index (χ1) is 8.82. The largest absolute Gasteiger partial charge is 0.0588 e. The van der Waals surface area contributed by atoms with Crippen molar-refractivity contribution in [3.63, 3.8) is 0 Å². The summed E-state index contributed by atoms with van der Waals surface area (Å²) in [6.07, 6.45) is 0. The summed E-state index contributed by atoms with van der Waals surface area (Å²) in [6, 6.07) is 13.8. The van der Waals surface area contributed by atoms with Crippen LogP contribution in [0.5, 0.6) is 0 Å². The summed E-state index contributed by atoms with van der Waals surface area (Å²) in [4.78, 5) is 0. The van der Waals surface area contributed by atoms with Crippen molar-refractivity contribution >= 4 is 10.2 Å². The fourth-order valence-electron chi connectivity index (χ4n) is 2.43. The summed E-state index contributed by atoms with van der Waals surface area (Å²) in [5.41, 5.74) is 8.44. The van der Waals surface area contributed by atoms with Crippen LogP contribution in [0.4, 0.5) is 0 Å². The topological polar surface area (TPSA) is 0 Å². The third-order valence-corrected chi connectivity index (χ3v) is 5.61. The van der Waals surface area contributed by atoms with E-state index in [1.165, 1.54) is 33.4 Å². The first kappa shape index (κ1) is 14.1. The number of benzene rings is 2. The van der Waals surface area contributed by atoms with Gasteiger partial charge < -0.3 is 0 Å². The smallest absolute Gasteiger partial charge is 0.0214 e. The van der Waals surface area contributed by atoms with Crippen LogP contribution in [0.2, 0.25) is 0 Å². The zero-order chi connectivity index (χ0) is 14.2. The predicted octanol–water partition coefficient (Wildman–Crippen LogP) is 3.55. The average Bonchev–Trinajstić information content (AvgIpc) is 2.35. The number of aryl methyl sites for hydroxylation is 4. The fourth-order valence-corrected chi connectivity index (χ4v) is 3.05. The van der Waals surface area contributed by atoms with Crippen LogP contribution < -0.4 is 0 Å². The SMILES string of the molecule is Cc1ccc(C(C)([SiH3])c2ccc(C)c(C)c2)cc1C. The maximum atomic E-state index is 2.37. The minimum atomic E-state index is 0.191. The van der Waals surface area contributed by atoms with Gasteiger partial charge in [-0.2, -0.15) is 0 Å². The van der Waals surface area contributed by atoms with Gasteiger partial charge in [-0.1, -0.05) is 43.3 Å². The molecule has 0 aliphatic rings. The van der Waals surface area contributed by atoms with E-state index in [9.17, 15) is 0 Å². The molecule has 0 saturated carbocycles. The molecule has 100 valence electrons. The second-order valence-corrected chi connectivity index (χ2v) is 8.22. The van der Waals surface area contributed by atoms with Crippen LogP contribution in [0.1, 0.15) is 40.3 Å². The van der Waals surface area contributed by atoms with Crippen molar-refractivity contribution in [2.45, 2.75) is 39.7 Å². The molecule has 0 nitrogen and oxygen atoms in total. The molecule has 0 atom stereocenters. The third-order valence-electron chi connectivity index (χ3n) is 4.46. The first-order valence-electron chi connectivity index (χ1n) is 6.98. The second kappa shape index (κ2) is 4.97. The van der Waals surface area contributed by atoms with Gasteiger partial charge in [-0.3, -0.25) is 0 Å². The Kier molecular flexibility index (Phi) is 3.68. The molecule has 1 heteroatoms. The molecule has 0 bridgehead atoms. The standard InChI is InChI=1S/C18H24Si/c1-12-6-8-16(10-14(12)3)18(5,19)17-9-7-13(2)15(4)11-17/h6-11H,1-5,19H3. The highest BCUT2D eigenvalue weighted by atomic mass is 28.1. The molecule has 0 heterocycles. The summed E-state index contributed by atoms with van der Waals surface area (Å²) in [6.45, 7) is 11.1. The van der Waals surface area contributed by atoms with Gasteiger partial charge in [-0.05, 0) is 61.1 Å². The predicted molar refractivity (Wildman–Crippen MR) is 88.2 cm³/mol. The van der Waals surface area contributed by atoms with E-state index in [1.54, 1.807) is 0 Å². The van der Waals surface area contributed by atoms with Crippen molar-refractivity contribution in [1.29, 1.82) is 0 Å². The van der Waals surface area contributed by atoms with Crippen molar-refractivity contribution in [3.8, 4) is 0 Å². The molecule has 2 rings (SSSR count). The van der Waals surface area contributed by atoms with E-state index in [0.717, 1.165) is 10.2 Å². The van der Waals surface area contributed by atoms with Gasteiger partial charge in [0.25, 0.3) is 0 Å². The molecule has 0 saturated heterocycles. The highest BCUT2D eigenvalue weighted by Gasteiger charge is 2.23. The van der Waals surface area contributed by atoms with Gasteiger partial charge >= 0.3 is 0 Å². The van der Waals surface area contributed by atoms with Gasteiger partial charge in [0, 0.05) is 15.3 Å². The maximum Gasteiger partial charge on any atom is 0.0214 e. The summed E-state index contributed by atoms with van der Waals surface area (Å²) in [5, 5.41) is 0.191. The lowest BCUT2D eigenvalue weighted by Crippen LogP contribution is -2.24. The van der Waals surface area contributed by atoms with E-state index < -0.39 is 0 Å². The normalized spacial score (nSPS) is 11.8. The summed E-state index contributed by atoms with van der Waals surface area (Å²) >= 11 is 0. The van der Waals surface area contributed by atoms with Crippen molar-refractivity contribution in [1.82, 2.24) is 0 Å². The van der Waals surface area contributed by atoms with Crippen LogP contribution in [0, 0.1) is 27.7 Å². The van der Waals surface area contributed by atoms with Gasteiger partial charge in [-0.15, -0.1) is 0 Å². The van der Waals surface area contributed by atoms with Crippen molar-refractivity contribution in [2.24, 2.45) is 0 Å². The van der Waals surface area contributed by atoms with E-state index in [1.807, 2.05) is 0 Å². The minimum absolute atomic E-state index is 0.191. The Morgan fingerprint density at radius 3 is 1.37 bits per heavy atom. The van der Waals surface area contributed by atoms with Gasteiger partial charge in [0.2, 0.25) is 0 Å². The van der Waals surface area contributed by atoms with E-state index in [0.29, 0.717) is 0 Å². The Hall–Kier alpha value is -1.34. The van der Waals surface area contributed by atoms with Crippen LogP contribution in [-0.2, 0) is 5.04 Å². The van der Waals surface area contributed by atoms with Gasteiger partial charge in [0.05, 0.1) is 0 Å². The van der Waals surface area contributed by atoms with Crippen molar-refractivity contribution in [2.75, 3.05) is 0 Å². The molecule has 0 unspecified atom stereocenters. The maximum absolute atomic E-state index is 2.37. The quantitative estimate of drug-likeness (QED) is 0.731.